The van der Waals surface area contributed by atoms with Gasteiger partial charge in [-0.05, 0) is 91.9 Å². The summed E-state index contributed by atoms with van der Waals surface area (Å²) in [5, 5.41) is 4.22. The number of pyridine rings is 1. The minimum absolute atomic E-state index is 0.0957. The molecule has 1 amide bonds. The topological polar surface area (TPSA) is 45.2 Å². The molecule has 1 N–H and O–H groups in total. The standard InChI is InChI=1S/C27H25N3O/c1-17-4-6-19(3)24(14-17)29-27(31)20-8-10-23(11-9-20)30-13-12-22-16-21-7-5-18(2)15-25(21)28-26(22)30/h4-11,14-16H,12-13H2,1-3H3,(H,29,31). The lowest BCUT2D eigenvalue weighted by molar-refractivity contribution is 0.102. The van der Waals surface area contributed by atoms with Crippen LogP contribution in [0, 0.1) is 20.8 Å². The predicted molar refractivity (Wildman–Crippen MR) is 128 cm³/mol. The van der Waals surface area contributed by atoms with Crippen LogP contribution in [-0.4, -0.2) is 17.4 Å². The lowest BCUT2D eigenvalue weighted by atomic mass is 10.1. The van der Waals surface area contributed by atoms with Crippen LogP contribution >= 0.6 is 0 Å². The molecule has 154 valence electrons. The van der Waals surface area contributed by atoms with E-state index >= 15 is 0 Å². The molecule has 0 aliphatic carbocycles. The van der Waals surface area contributed by atoms with Crippen molar-refractivity contribution in [2.45, 2.75) is 27.2 Å². The molecule has 3 aromatic carbocycles. The number of hydrogen-bond acceptors (Lipinski definition) is 3. The summed E-state index contributed by atoms with van der Waals surface area (Å²) in [5.41, 5.74) is 8.24. The largest absolute Gasteiger partial charge is 0.326 e. The number of carbonyl (C=O) groups is 1. The molecule has 4 aromatic rings. The van der Waals surface area contributed by atoms with Crippen LogP contribution in [0.2, 0.25) is 0 Å². The summed E-state index contributed by atoms with van der Waals surface area (Å²) in [6.45, 7) is 7.01. The summed E-state index contributed by atoms with van der Waals surface area (Å²) in [6, 6.07) is 22.5. The smallest absolute Gasteiger partial charge is 0.255 e. The lowest BCUT2D eigenvalue weighted by Gasteiger charge is -2.19. The highest BCUT2D eigenvalue weighted by Gasteiger charge is 2.23. The maximum Gasteiger partial charge on any atom is 0.255 e. The van der Waals surface area contributed by atoms with E-state index in [2.05, 4.69) is 41.4 Å². The number of carbonyl (C=O) groups excluding carboxylic acids is 1. The van der Waals surface area contributed by atoms with E-state index in [9.17, 15) is 4.79 Å². The number of amides is 1. The van der Waals surface area contributed by atoms with Gasteiger partial charge in [0.1, 0.15) is 5.82 Å². The Morgan fingerprint density at radius 3 is 2.45 bits per heavy atom. The highest BCUT2D eigenvalue weighted by atomic mass is 16.1. The van der Waals surface area contributed by atoms with Gasteiger partial charge in [-0.3, -0.25) is 4.79 Å². The number of nitrogens with one attached hydrogen (secondary N) is 1. The molecule has 1 aliphatic heterocycles. The van der Waals surface area contributed by atoms with Gasteiger partial charge in [-0.2, -0.15) is 0 Å². The van der Waals surface area contributed by atoms with Gasteiger partial charge in [0.05, 0.1) is 5.52 Å². The Morgan fingerprint density at radius 2 is 1.65 bits per heavy atom. The Kier molecular flexibility index (Phi) is 4.70. The van der Waals surface area contributed by atoms with Gasteiger partial charge < -0.3 is 10.2 Å². The van der Waals surface area contributed by atoms with Crippen molar-refractivity contribution in [1.29, 1.82) is 0 Å². The summed E-state index contributed by atoms with van der Waals surface area (Å²) >= 11 is 0. The van der Waals surface area contributed by atoms with Crippen molar-refractivity contribution in [3.63, 3.8) is 0 Å². The molecule has 1 aliphatic rings. The molecule has 0 bridgehead atoms. The van der Waals surface area contributed by atoms with E-state index in [1.807, 2.05) is 56.3 Å². The molecule has 4 heteroatoms. The summed E-state index contributed by atoms with van der Waals surface area (Å²) in [6.07, 6.45) is 0.973. The monoisotopic (exact) mass is 407 g/mol. The Balaban J connectivity index is 1.40. The molecule has 31 heavy (non-hydrogen) atoms. The summed E-state index contributed by atoms with van der Waals surface area (Å²) in [4.78, 5) is 19.9. The third-order valence-corrected chi connectivity index (χ3v) is 5.97. The van der Waals surface area contributed by atoms with Gasteiger partial charge in [-0.25, -0.2) is 4.98 Å². The van der Waals surface area contributed by atoms with E-state index < -0.39 is 0 Å². The van der Waals surface area contributed by atoms with Crippen LogP contribution in [0.25, 0.3) is 10.9 Å². The molecule has 1 aromatic heterocycles. The average molecular weight is 408 g/mol. The number of aromatic nitrogens is 1. The second kappa shape index (κ2) is 7.55. The number of fused-ring (bicyclic) bond motifs is 2. The van der Waals surface area contributed by atoms with Crippen LogP contribution in [-0.2, 0) is 6.42 Å². The van der Waals surface area contributed by atoms with Gasteiger partial charge in [0.2, 0.25) is 0 Å². The van der Waals surface area contributed by atoms with Crippen LogP contribution in [0.1, 0.15) is 32.6 Å². The molecule has 4 nitrogen and oxygen atoms in total. The van der Waals surface area contributed by atoms with Crippen LogP contribution in [0.5, 0.6) is 0 Å². The van der Waals surface area contributed by atoms with Gasteiger partial charge in [0.25, 0.3) is 5.91 Å². The summed E-state index contributed by atoms with van der Waals surface area (Å²) in [5.74, 6) is 0.923. The van der Waals surface area contributed by atoms with E-state index in [0.29, 0.717) is 5.56 Å². The molecule has 0 saturated carbocycles. The predicted octanol–water partition coefficient (Wildman–Crippen LogP) is 6.11. The molecular weight excluding hydrogens is 382 g/mol. The first-order chi connectivity index (χ1) is 15.0. The number of hydrogen-bond donors (Lipinski definition) is 1. The quantitative estimate of drug-likeness (QED) is 0.446. The Labute approximate surface area is 182 Å². The molecule has 0 atom stereocenters. The number of rotatable bonds is 3. The Bertz CT molecular complexity index is 1310. The maximum absolute atomic E-state index is 12.7. The minimum atomic E-state index is -0.0957. The molecule has 0 fully saturated rings. The van der Waals surface area contributed by atoms with Crippen molar-refractivity contribution in [3.05, 3.63) is 94.5 Å². The SMILES string of the molecule is Cc1ccc(C)c(NC(=O)c2ccc(N3CCc4cc5ccc(C)cc5nc43)cc2)c1. The summed E-state index contributed by atoms with van der Waals surface area (Å²) in [7, 11) is 0. The van der Waals surface area contributed by atoms with E-state index in [-0.39, 0.29) is 5.91 Å². The molecular formula is C27H25N3O. The Morgan fingerprint density at radius 1 is 0.903 bits per heavy atom. The zero-order valence-electron chi connectivity index (χ0n) is 18.1. The number of aryl methyl sites for hydroxylation is 3. The van der Waals surface area contributed by atoms with E-state index in [4.69, 9.17) is 4.98 Å². The number of nitrogens with zero attached hydrogens (tertiary/aromatic N) is 2. The second-order valence-corrected chi connectivity index (χ2v) is 8.39. The van der Waals surface area contributed by atoms with Crippen molar-refractivity contribution in [2.75, 3.05) is 16.8 Å². The van der Waals surface area contributed by atoms with E-state index in [0.717, 1.165) is 46.8 Å². The molecule has 0 spiro atoms. The van der Waals surface area contributed by atoms with Gasteiger partial charge in [-0.15, -0.1) is 0 Å². The Hall–Kier alpha value is -3.66. The molecule has 2 heterocycles. The van der Waals surface area contributed by atoms with Gasteiger partial charge >= 0.3 is 0 Å². The summed E-state index contributed by atoms with van der Waals surface area (Å²) < 4.78 is 0. The fourth-order valence-electron chi connectivity index (χ4n) is 4.18. The van der Waals surface area contributed by atoms with Crippen molar-refractivity contribution in [1.82, 2.24) is 4.98 Å². The van der Waals surface area contributed by atoms with Crippen LogP contribution in [0.4, 0.5) is 17.2 Å². The maximum atomic E-state index is 12.7. The fraction of sp³-hybridized carbons (Fsp3) is 0.185. The molecule has 0 saturated heterocycles. The van der Waals surface area contributed by atoms with Crippen LogP contribution < -0.4 is 10.2 Å². The third-order valence-electron chi connectivity index (χ3n) is 5.97. The molecule has 5 rings (SSSR count). The van der Waals surface area contributed by atoms with Crippen molar-refractivity contribution >= 4 is 34.0 Å². The van der Waals surface area contributed by atoms with E-state index in [1.165, 1.54) is 16.5 Å². The highest BCUT2D eigenvalue weighted by molar-refractivity contribution is 6.05. The second-order valence-electron chi connectivity index (χ2n) is 8.39. The highest BCUT2D eigenvalue weighted by Crippen LogP contribution is 2.35. The number of benzene rings is 3. The van der Waals surface area contributed by atoms with Crippen molar-refractivity contribution in [3.8, 4) is 0 Å². The van der Waals surface area contributed by atoms with Gasteiger partial charge in [0, 0.05) is 28.9 Å². The van der Waals surface area contributed by atoms with E-state index in [1.54, 1.807) is 0 Å². The van der Waals surface area contributed by atoms with Gasteiger partial charge in [-0.1, -0.05) is 24.3 Å². The third kappa shape index (κ3) is 3.66. The van der Waals surface area contributed by atoms with Gasteiger partial charge in [0.15, 0.2) is 0 Å². The van der Waals surface area contributed by atoms with Crippen LogP contribution in [0.15, 0.2) is 66.7 Å². The normalized spacial score (nSPS) is 12.8. The molecule has 0 unspecified atom stereocenters. The van der Waals surface area contributed by atoms with Crippen molar-refractivity contribution in [2.24, 2.45) is 0 Å². The average Bonchev–Trinajstić information content (AvgIpc) is 3.17. The number of anilines is 3. The van der Waals surface area contributed by atoms with Crippen molar-refractivity contribution < 1.29 is 4.79 Å². The lowest BCUT2D eigenvalue weighted by Crippen LogP contribution is -2.16. The first kappa shape index (κ1) is 19.3. The first-order valence-electron chi connectivity index (χ1n) is 10.6. The van der Waals surface area contributed by atoms with Crippen LogP contribution in [0.3, 0.4) is 0 Å². The first-order valence-corrected chi connectivity index (χ1v) is 10.6. The fourth-order valence-corrected chi connectivity index (χ4v) is 4.18. The molecule has 0 radical (unpaired) electrons. The zero-order chi connectivity index (χ0) is 21.5. The minimum Gasteiger partial charge on any atom is -0.326 e. The zero-order valence-corrected chi connectivity index (χ0v) is 18.1.